The third kappa shape index (κ3) is 7.87. The minimum absolute atomic E-state index is 0.180. The Balaban J connectivity index is 1.66. The van der Waals surface area contributed by atoms with E-state index < -0.39 is 0 Å². The van der Waals surface area contributed by atoms with E-state index in [2.05, 4.69) is 40.4 Å². The van der Waals surface area contributed by atoms with E-state index in [0.29, 0.717) is 25.2 Å². The first kappa shape index (κ1) is 30.1. The van der Waals surface area contributed by atoms with Crippen molar-refractivity contribution in [2.75, 3.05) is 40.4 Å². The first-order chi connectivity index (χ1) is 19.2. The average Bonchev–Trinajstić information content (AvgIpc) is 3.12. The van der Waals surface area contributed by atoms with Gasteiger partial charge in [0.2, 0.25) is 0 Å². The lowest BCUT2D eigenvalue weighted by Crippen LogP contribution is -2.20. The molecule has 0 spiro atoms. The normalized spacial score (nSPS) is 14.4. The molecule has 0 aromatic heterocycles. The van der Waals surface area contributed by atoms with Crippen LogP contribution in [-0.4, -0.2) is 55.6 Å². The van der Waals surface area contributed by atoms with Crippen molar-refractivity contribution in [3.05, 3.63) is 93.8 Å². The number of hydrogen-bond donors (Lipinski definition) is 0. The zero-order valence-corrected chi connectivity index (χ0v) is 25.2. The van der Waals surface area contributed by atoms with Gasteiger partial charge in [0.05, 0.1) is 17.9 Å². The molecule has 214 valence electrons. The predicted octanol–water partition coefficient (Wildman–Crippen LogP) is 6.92. The molecule has 1 aliphatic heterocycles. The lowest BCUT2D eigenvalue weighted by Gasteiger charge is -2.24. The van der Waals surface area contributed by atoms with Gasteiger partial charge in [0.25, 0.3) is 0 Å². The molecule has 40 heavy (non-hydrogen) atoms. The summed E-state index contributed by atoms with van der Waals surface area (Å²) < 4.78 is 28.7. The van der Waals surface area contributed by atoms with E-state index in [1.807, 2.05) is 52.2 Å². The Hall–Kier alpha value is -2.87. The van der Waals surface area contributed by atoms with Crippen molar-refractivity contribution < 1.29 is 18.7 Å². The number of hydrogen-bond acceptors (Lipinski definition) is 6. The number of carbonyl (C=O) groups is 1. The van der Waals surface area contributed by atoms with Crippen LogP contribution in [0.5, 0.6) is 5.75 Å². The highest BCUT2D eigenvalue weighted by molar-refractivity contribution is 7.97. The Morgan fingerprint density at radius 1 is 1.10 bits per heavy atom. The first-order valence-electron chi connectivity index (χ1n) is 14.1. The van der Waals surface area contributed by atoms with Gasteiger partial charge in [-0.1, -0.05) is 36.4 Å². The van der Waals surface area contributed by atoms with Crippen molar-refractivity contribution in [1.29, 1.82) is 0 Å². The summed E-state index contributed by atoms with van der Waals surface area (Å²) in [6, 6.07) is 18.2. The fraction of sp³-hybridized carbons (Fsp3) is 0.424. The van der Waals surface area contributed by atoms with Gasteiger partial charge >= 0.3 is 5.97 Å². The first-order valence-corrected chi connectivity index (χ1v) is 14.9. The van der Waals surface area contributed by atoms with Crippen molar-refractivity contribution in [2.24, 2.45) is 0 Å². The van der Waals surface area contributed by atoms with Crippen LogP contribution >= 0.6 is 11.9 Å². The van der Waals surface area contributed by atoms with Gasteiger partial charge in [0, 0.05) is 19.0 Å². The summed E-state index contributed by atoms with van der Waals surface area (Å²) in [5.74, 6) is 0.264. The van der Waals surface area contributed by atoms with Gasteiger partial charge in [-0.05, 0) is 118 Å². The van der Waals surface area contributed by atoms with Crippen molar-refractivity contribution in [3.63, 3.8) is 0 Å². The lowest BCUT2D eigenvalue weighted by atomic mass is 9.83. The highest BCUT2D eigenvalue weighted by Crippen LogP contribution is 2.37. The molecule has 7 heteroatoms. The molecule has 4 rings (SSSR count). The van der Waals surface area contributed by atoms with Gasteiger partial charge in [0.15, 0.2) is 0 Å². The van der Waals surface area contributed by atoms with Crippen LogP contribution in [0, 0.1) is 19.7 Å². The Morgan fingerprint density at radius 3 is 2.67 bits per heavy atom. The number of rotatable bonds is 11. The fourth-order valence-electron chi connectivity index (χ4n) is 5.15. The number of esters is 1. The maximum Gasteiger partial charge on any atom is 0.306 e. The van der Waals surface area contributed by atoms with Gasteiger partial charge in [-0.15, -0.1) is 0 Å². The largest absolute Gasteiger partial charge is 0.491 e. The second-order valence-corrected chi connectivity index (χ2v) is 11.8. The highest BCUT2D eigenvalue weighted by Gasteiger charge is 2.24. The molecule has 0 amide bonds. The molecule has 1 unspecified atom stereocenters. The zero-order chi connectivity index (χ0) is 28.6. The lowest BCUT2D eigenvalue weighted by molar-refractivity contribution is -0.143. The maximum absolute atomic E-state index is 15.0. The van der Waals surface area contributed by atoms with E-state index in [1.54, 1.807) is 18.0 Å². The van der Waals surface area contributed by atoms with Gasteiger partial charge in [-0.25, -0.2) is 8.70 Å². The molecule has 0 saturated carbocycles. The third-order valence-electron chi connectivity index (χ3n) is 7.34. The fourth-order valence-corrected chi connectivity index (χ4v) is 6.15. The number of ether oxygens (including phenoxy) is 2. The van der Waals surface area contributed by atoms with E-state index in [9.17, 15) is 9.18 Å². The second-order valence-electron chi connectivity index (χ2n) is 10.7. The Bertz CT molecular complexity index is 1310. The molecular formula is C33H41FN2O3S. The molecule has 0 fully saturated rings. The highest BCUT2D eigenvalue weighted by atomic mass is 32.2. The molecule has 1 aliphatic rings. The molecule has 0 bridgehead atoms. The SMILES string of the molecule is CCOC(=O)CC(c1ccc(C)c(CN2CCOc3ccccc3S2)c1)c1cc(CCCN(C)C)c(F)cc1C. The zero-order valence-electron chi connectivity index (χ0n) is 24.3. The predicted molar refractivity (Wildman–Crippen MR) is 160 cm³/mol. The summed E-state index contributed by atoms with van der Waals surface area (Å²) in [5.41, 5.74) is 5.96. The van der Waals surface area contributed by atoms with E-state index in [1.165, 1.54) is 11.1 Å². The molecule has 5 nitrogen and oxygen atoms in total. The number of fused-ring (bicyclic) bond motifs is 1. The number of halogens is 1. The van der Waals surface area contributed by atoms with Crippen molar-refractivity contribution in [2.45, 2.75) is 57.4 Å². The summed E-state index contributed by atoms with van der Waals surface area (Å²) in [6.45, 7) is 9.26. The van der Waals surface area contributed by atoms with Gasteiger partial charge in [-0.3, -0.25) is 4.79 Å². The minimum Gasteiger partial charge on any atom is -0.491 e. The summed E-state index contributed by atoms with van der Waals surface area (Å²) in [4.78, 5) is 16.0. The van der Waals surface area contributed by atoms with Gasteiger partial charge in [-0.2, -0.15) is 0 Å². The van der Waals surface area contributed by atoms with Crippen LogP contribution in [0.4, 0.5) is 4.39 Å². The average molecular weight is 565 g/mol. The summed E-state index contributed by atoms with van der Waals surface area (Å²) in [6.07, 6.45) is 1.72. The third-order valence-corrected chi connectivity index (χ3v) is 8.44. The van der Waals surface area contributed by atoms with Gasteiger partial charge < -0.3 is 14.4 Å². The molecule has 0 radical (unpaired) electrons. The number of nitrogens with zero attached hydrogens (tertiary/aromatic N) is 2. The molecule has 3 aromatic carbocycles. The number of benzene rings is 3. The standard InChI is InChI=1S/C33H41FN2O3S/c1-6-38-33(37)21-29(28-20-26(10-9-15-35(4)5)30(34)18-24(28)3)25-14-13-23(2)27(19-25)22-36-16-17-39-31-11-7-8-12-32(31)40-36/h7-8,11-14,18-20,29H,6,9-10,15-17,21-22H2,1-5H3. The second kappa shape index (κ2) is 14.2. The number of aryl methyl sites for hydroxylation is 3. The van der Waals surface area contributed by atoms with Crippen LogP contribution in [0.2, 0.25) is 0 Å². The van der Waals surface area contributed by atoms with Gasteiger partial charge in [0.1, 0.15) is 18.2 Å². The molecular weight excluding hydrogens is 523 g/mol. The molecule has 3 aromatic rings. The van der Waals surface area contributed by atoms with E-state index in [4.69, 9.17) is 9.47 Å². The number of carbonyl (C=O) groups excluding carboxylic acids is 1. The quantitative estimate of drug-likeness (QED) is 0.186. The summed E-state index contributed by atoms with van der Waals surface area (Å²) >= 11 is 1.71. The summed E-state index contributed by atoms with van der Waals surface area (Å²) in [7, 11) is 4.05. The molecule has 1 atom stereocenters. The van der Waals surface area contributed by atoms with Crippen LogP contribution in [0.1, 0.15) is 59.1 Å². The van der Waals surface area contributed by atoms with Crippen molar-refractivity contribution >= 4 is 17.9 Å². The number of para-hydroxylation sites is 1. The Morgan fingerprint density at radius 2 is 1.90 bits per heavy atom. The van der Waals surface area contributed by atoms with Crippen LogP contribution < -0.4 is 4.74 Å². The Labute approximate surface area is 242 Å². The van der Waals surface area contributed by atoms with Crippen molar-refractivity contribution in [1.82, 2.24) is 9.21 Å². The maximum atomic E-state index is 15.0. The van der Waals surface area contributed by atoms with Crippen LogP contribution in [0.25, 0.3) is 0 Å². The van der Waals surface area contributed by atoms with E-state index in [0.717, 1.165) is 53.4 Å². The smallest absolute Gasteiger partial charge is 0.306 e. The topological polar surface area (TPSA) is 42.0 Å². The van der Waals surface area contributed by atoms with Crippen LogP contribution in [0.15, 0.2) is 59.5 Å². The van der Waals surface area contributed by atoms with E-state index >= 15 is 0 Å². The monoisotopic (exact) mass is 564 g/mol. The Kier molecular flexibility index (Phi) is 10.6. The van der Waals surface area contributed by atoms with Crippen molar-refractivity contribution in [3.8, 4) is 5.75 Å². The molecule has 0 saturated heterocycles. The van der Waals surface area contributed by atoms with Crippen LogP contribution in [-0.2, 0) is 22.5 Å². The molecule has 1 heterocycles. The summed E-state index contributed by atoms with van der Waals surface area (Å²) in [5, 5.41) is 0. The van der Waals surface area contributed by atoms with E-state index in [-0.39, 0.29) is 24.1 Å². The molecule has 0 aliphatic carbocycles. The molecule has 0 N–H and O–H groups in total. The minimum atomic E-state index is -0.246. The van der Waals surface area contributed by atoms with Crippen LogP contribution in [0.3, 0.4) is 0 Å².